The van der Waals surface area contributed by atoms with E-state index in [-0.39, 0.29) is 5.91 Å². The lowest BCUT2D eigenvalue weighted by atomic mass is 10.2. The van der Waals surface area contributed by atoms with Gasteiger partial charge in [-0.25, -0.2) is 0 Å². The molecule has 1 N–H and O–H groups in total. The number of amides is 1. The highest BCUT2D eigenvalue weighted by Gasteiger charge is 2.13. The predicted molar refractivity (Wildman–Crippen MR) is 86.2 cm³/mol. The molecule has 2 rings (SSSR count). The maximum atomic E-state index is 11.7. The molecule has 0 spiro atoms. The Hall–Kier alpha value is -2.41. The van der Waals surface area contributed by atoms with E-state index in [0.717, 1.165) is 12.1 Å². The Balaban J connectivity index is 1.89. The largest absolute Gasteiger partial charge is 0.496 e. The second kappa shape index (κ2) is 8.28. The first-order valence-corrected chi connectivity index (χ1v) is 7.47. The third-order valence-electron chi connectivity index (χ3n) is 3.25. The molecule has 0 aliphatic carbocycles. The third-order valence-corrected chi connectivity index (χ3v) is 3.25. The Labute approximate surface area is 135 Å². The first kappa shape index (κ1) is 17.0. The first-order valence-electron chi connectivity index (χ1n) is 7.47. The van der Waals surface area contributed by atoms with Crippen LogP contribution in [0, 0.1) is 0 Å². The number of para-hydroxylation sites is 1. The summed E-state index contributed by atoms with van der Waals surface area (Å²) in [6.07, 6.45) is 0.733. The molecule has 0 atom stereocenters. The van der Waals surface area contributed by atoms with Crippen LogP contribution in [0.4, 0.5) is 0 Å². The van der Waals surface area contributed by atoms with Gasteiger partial charge >= 0.3 is 0 Å². The molecule has 124 valence electrons. The molecule has 23 heavy (non-hydrogen) atoms. The number of benzene rings is 1. The van der Waals surface area contributed by atoms with Gasteiger partial charge in [0, 0.05) is 25.9 Å². The van der Waals surface area contributed by atoms with Gasteiger partial charge in [0.05, 0.1) is 12.7 Å². The molecule has 2 aromatic rings. The summed E-state index contributed by atoms with van der Waals surface area (Å²) in [7, 11) is 5.52. The van der Waals surface area contributed by atoms with Crippen LogP contribution in [0.15, 0.2) is 28.7 Å². The van der Waals surface area contributed by atoms with E-state index in [1.165, 1.54) is 0 Å². The minimum atomic E-state index is -0.0242. The van der Waals surface area contributed by atoms with E-state index in [1.807, 2.05) is 43.3 Å². The molecule has 1 aromatic heterocycles. The zero-order valence-corrected chi connectivity index (χ0v) is 13.7. The lowest BCUT2D eigenvalue weighted by Crippen LogP contribution is -2.31. The number of nitrogens with one attached hydrogen (secondary N) is 1. The van der Waals surface area contributed by atoms with E-state index >= 15 is 0 Å². The van der Waals surface area contributed by atoms with Crippen molar-refractivity contribution in [3.8, 4) is 17.2 Å². The summed E-state index contributed by atoms with van der Waals surface area (Å²) in [5, 5.41) is 10.9. The van der Waals surface area contributed by atoms with Crippen molar-refractivity contribution in [3.63, 3.8) is 0 Å². The van der Waals surface area contributed by atoms with Crippen molar-refractivity contribution in [2.45, 2.75) is 12.8 Å². The maximum Gasteiger partial charge on any atom is 0.251 e. The zero-order valence-electron chi connectivity index (χ0n) is 13.7. The van der Waals surface area contributed by atoms with Crippen LogP contribution in [-0.2, 0) is 11.2 Å². The van der Waals surface area contributed by atoms with E-state index in [9.17, 15) is 4.79 Å². The quantitative estimate of drug-likeness (QED) is 0.791. The van der Waals surface area contributed by atoms with Crippen molar-refractivity contribution in [1.82, 2.24) is 20.4 Å². The minimum Gasteiger partial charge on any atom is -0.496 e. The Kier molecular flexibility index (Phi) is 6.10. The van der Waals surface area contributed by atoms with Crippen LogP contribution in [0.25, 0.3) is 11.5 Å². The number of nitrogens with zero attached hydrogens (tertiary/aromatic N) is 3. The summed E-state index contributed by atoms with van der Waals surface area (Å²) in [6, 6.07) is 7.43. The first-order chi connectivity index (χ1) is 11.1. The Morgan fingerprint density at radius 1 is 1.30 bits per heavy atom. The van der Waals surface area contributed by atoms with Gasteiger partial charge in [-0.05, 0) is 26.2 Å². The maximum absolute atomic E-state index is 11.7. The van der Waals surface area contributed by atoms with Gasteiger partial charge in [0.1, 0.15) is 5.75 Å². The van der Waals surface area contributed by atoms with Crippen molar-refractivity contribution in [3.05, 3.63) is 30.2 Å². The number of carbonyl (C=O) groups excluding carboxylic acids is 1. The van der Waals surface area contributed by atoms with Crippen molar-refractivity contribution < 1.29 is 13.9 Å². The molecular formula is C16H22N4O3. The molecule has 0 aliphatic rings. The summed E-state index contributed by atoms with van der Waals surface area (Å²) in [5.41, 5.74) is 0.740. The van der Waals surface area contributed by atoms with Crippen LogP contribution < -0.4 is 10.1 Å². The number of aromatic nitrogens is 2. The van der Waals surface area contributed by atoms with Crippen LogP contribution in [0.5, 0.6) is 5.75 Å². The monoisotopic (exact) mass is 318 g/mol. The topological polar surface area (TPSA) is 80.5 Å². The number of hydrogen-bond donors (Lipinski definition) is 1. The van der Waals surface area contributed by atoms with Gasteiger partial charge in [-0.15, -0.1) is 10.2 Å². The lowest BCUT2D eigenvalue weighted by molar-refractivity contribution is -0.121. The number of ether oxygens (including phenoxy) is 1. The molecule has 7 nitrogen and oxygen atoms in total. The summed E-state index contributed by atoms with van der Waals surface area (Å²) >= 11 is 0. The van der Waals surface area contributed by atoms with Crippen molar-refractivity contribution in [1.29, 1.82) is 0 Å². The smallest absolute Gasteiger partial charge is 0.251 e. The average molecular weight is 318 g/mol. The van der Waals surface area contributed by atoms with Crippen molar-refractivity contribution >= 4 is 5.91 Å². The molecule has 1 aromatic carbocycles. The molecule has 0 bridgehead atoms. The second-order valence-electron chi connectivity index (χ2n) is 5.35. The normalized spacial score (nSPS) is 10.8. The molecule has 0 saturated heterocycles. The number of aryl methyl sites for hydroxylation is 1. The van der Waals surface area contributed by atoms with Gasteiger partial charge in [0.25, 0.3) is 5.89 Å². The molecule has 1 heterocycles. The zero-order chi connectivity index (χ0) is 16.7. The Morgan fingerprint density at radius 3 is 2.83 bits per heavy atom. The molecule has 7 heteroatoms. The van der Waals surface area contributed by atoms with E-state index in [2.05, 4.69) is 15.5 Å². The highest BCUT2D eigenvalue weighted by molar-refractivity contribution is 5.76. The molecular weight excluding hydrogens is 296 g/mol. The molecule has 0 aliphatic heterocycles. The van der Waals surface area contributed by atoms with Gasteiger partial charge in [-0.1, -0.05) is 12.1 Å². The van der Waals surface area contributed by atoms with Crippen molar-refractivity contribution in [2.24, 2.45) is 0 Å². The van der Waals surface area contributed by atoms with Gasteiger partial charge in [0.15, 0.2) is 0 Å². The lowest BCUT2D eigenvalue weighted by Gasteiger charge is -2.09. The fraction of sp³-hybridized carbons (Fsp3) is 0.438. The Morgan fingerprint density at radius 2 is 2.09 bits per heavy atom. The van der Waals surface area contributed by atoms with Gasteiger partial charge in [-0.2, -0.15) is 0 Å². The summed E-state index contributed by atoms with van der Waals surface area (Å²) in [6.45, 7) is 1.44. The molecule has 0 saturated carbocycles. The highest BCUT2D eigenvalue weighted by Crippen LogP contribution is 2.28. The number of hydrogen-bond acceptors (Lipinski definition) is 6. The molecule has 0 radical (unpaired) electrons. The van der Waals surface area contributed by atoms with Crippen molar-refractivity contribution in [2.75, 3.05) is 34.3 Å². The summed E-state index contributed by atoms with van der Waals surface area (Å²) in [4.78, 5) is 13.7. The van der Waals surface area contributed by atoms with E-state index in [0.29, 0.717) is 36.9 Å². The fourth-order valence-electron chi connectivity index (χ4n) is 2.01. The molecule has 1 amide bonds. The number of carbonyl (C=O) groups is 1. The second-order valence-corrected chi connectivity index (χ2v) is 5.35. The fourth-order valence-corrected chi connectivity index (χ4v) is 2.01. The number of likely N-dealkylation sites (N-methyl/N-ethyl adjacent to an activating group) is 1. The summed E-state index contributed by atoms with van der Waals surface area (Å²) < 4.78 is 10.9. The molecule has 0 fully saturated rings. The van der Waals surface area contributed by atoms with Crippen LogP contribution >= 0.6 is 0 Å². The van der Waals surface area contributed by atoms with E-state index < -0.39 is 0 Å². The highest BCUT2D eigenvalue weighted by atomic mass is 16.5. The average Bonchev–Trinajstić information content (AvgIpc) is 3.01. The third kappa shape index (κ3) is 5.07. The predicted octanol–water partition coefficient (Wildman–Crippen LogP) is 1.36. The van der Waals surface area contributed by atoms with Crippen LogP contribution in [-0.4, -0.2) is 55.3 Å². The standard InChI is InChI=1S/C16H22N4O3/c1-20(2)11-10-17-14(21)8-9-15-18-19-16(23-15)12-6-4-5-7-13(12)22-3/h4-7H,8-11H2,1-3H3,(H,17,21). The van der Waals surface area contributed by atoms with Crippen LogP contribution in [0.1, 0.15) is 12.3 Å². The van der Waals surface area contributed by atoms with E-state index in [4.69, 9.17) is 9.15 Å². The summed E-state index contributed by atoms with van der Waals surface area (Å²) in [5.74, 6) is 1.48. The van der Waals surface area contributed by atoms with Crippen LogP contribution in [0.2, 0.25) is 0 Å². The van der Waals surface area contributed by atoms with Gasteiger partial charge in [-0.3, -0.25) is 4.79 Å². The SMILES string of the molecule is COc1ccccc1-c1nnc(CCC(=O)NCCN(C)C)o1. The minimum absolute atomic E-state index is 0.0242. The van der Waals surface area contributed by atoms with Gasteiger partial charge < -0.3 is 19.4 Å². The Bertz CT molecular complexity index is 640. The van der Waals surface area contributed by atoms with E-state index in [1.54, 1.807) is 7.11 Å². The van der Waals surface area contributed by atoms with Crippen LogP contribution in [0.3, 0.4) is 0 Å². The number of rotatable bonds is 8. The number of methoxy groups -OCH3 is 1. The molecule has 0 unspecified atom stereocenters. The van der Waals surface area contributed by atoms with Gasteiger partial charge in [0.2, 0.25) is 11.8 Å².